The fourth-order valence-electron chi connectivity index (χ4n) is 2.59. The van der Waals surface area contributed by atoms with Gasteiger partial charge in [0.1, 0.15) is 0 Å². The van der Waals surface area contributed by atoms with Gasteiger partial charge >= 0.3 is 5.97 Å². The SMILES string of the molecule is CC(Sc1ccccc1Cl)C(=O)NC1CCC(C(=O)O)CC1. The third-order valence-electron chi connectivity index (χ3n) is 3.93. The third kappa shape index (κ3) is 4.65. The molecule has 1 aliphatic carbocycles. The smallest absolute Gasteiger partial charge is 0.306 e. The van der Waals surface area contributed by atoms with Crippen LogP contribution in [0, 0.1) is 5.92 Å². The van der Waals surface area contributed by atoms with E-state index in [2.05, 4.69) is 5.32 Å². The lowest BCUT2D eigenvalue weighted by molar-refractivity contribution is -0.142. The summed E-state index contributed by atoms with van der Waals surface area (Å²) in [6.45, 7) is 1.85. The second kappa shape index (κ2) is 7.88. The fourth-order valence-corrected chi connectivity index (χ4v) is 3.75. The summed E-state index contributed by atoms with van der Waals surface area (Å²) < 4.78 is 0. The van der Waals surface area contributed by atoms with Gasteiger partial charge in [-0.2, -0.15) is 0 Å². The van der Waals surface area contributed by atoms with E-state index < -0.39 is 5.97 Å². The van der Waals surface area contributed by atoms with E-state index in [1.165, 1.54) is 11.8 Å². The average Bonchev–Trinajstić information content (AvgIpc) is 2.50. The first kappa shape index (κ1) is 17.2. The lowest BCUT2D eigenvalue weighted by Gasteiger charge is -2.27. The van der Waals surface area contributed by atoms with E-state index >= 15 is 0 Å². The van der Waals surface area contributed by atoms with Gasteiger partial charge < -0.3 is 10.4 Å². The Hall–Kier alpha value is -1.20. The van der Waals surface area contributed by atoms with Crippen LogP contribution in [0.2, 0.25) is 5.02 Å². The average molecular weight is 342 g/mol. The van der Waals surface area contributed by atoms with E-state index in [9.17, 15) is 9.59 Å². The van der Waals surface area contributed by atoms with Crippen molar-refractivity contribution in [3.05, 3.63) is 29.3 Å². The molecule has 0 saturated heterocycles. The largest absolute Gasteiger partial charge is 0.481 e. The molecule has 1 aromatic carbocycles. The van der Waals surface area contributed by atoms with Gasteiger partial charge in [0.05, 0.1) is 16.2 Å². The monoisotopic (exact) mass is 341 g/mol. The van der Waals surface area contributed by atoms with Gasteiger partial charge in [0.25, 0.3) is 0 Å². The first-order valence-corrected chi connectivity index (χ1v) is 8.67. The van der Waals surface area contributed by atoms with Crippen LogP contribution >= 0.6 is 23.4 Å². The predicted molar refractivity (Wildman–Crippen MR) is 88.3 cm³/mol. The quantitative estimate of drug-likeness (QED) is 0.803. The Morgan fingerprint density at radius 1 is 1.27 bits per heavy atom. The van der Waals surface area contributed by atoms with Crippen molar-refractivity contribution in [3.63, 3.8) is 0 Å². The van der Waals surface area contributed by atoms with Gasteiger partial charge in [-0.1, -0.05) is 23.7 Å². The molecule has 0 aromatic heterocycles. The van der Waals surface area contributed by atoms with Crippen molar-refractivity contribution in [2.24, 2.45) is 5.92 Å². The number of carboxylic acids is 1. The van der Waals surface area contributed by atoms with Crippen molar-refractivity contribution >= 4 is 35.2 Å². The minimum absolute atomic E-state index is 0.0244. The number of halogens is 1. The molecule has 1 fully saturated rings. The maximum Gasteiger partial charge on any atom is 0.306 e. The number of benzene rings is 1. The van der Waals surface area contributed by atoms with Gasteiger partial charge in [0.15, 0.2) is 0 Å². The zero-order valence-electron chi connectivity index (χ0n) is 12.4. The van der Waals surface area contributed by atoms with Crippen molar-refractivity contribution in [2.45, 2.75) is 48.8 Å². The minimum atomic E-state index is -0.729. The van der Waals surface area contributed by atoms with E-state index in [1.54, 1.807) is 0 Å². The van der Waals surface area contributed by atoms with E-state index in [1.807, 2.05) is 31.2 Å². The number of hydrogen-bond acceptors (Lipinski definition) is 3. The summed E-state index contributed by atoms with van der Waals surface area (Å²) in [6, 6.07) is 7.54. The molecule has 2 N–H and O–H groups in total. The summed E-state index contributed by atoms with van der Waals surface area (Å²) in [7, 11) is 0. The number of hydrogen-bond donors (Lipinski definition) is 2. The van der Waals surface area contributed by atoms with E-state index in [-0.39, 0.29) is 23.1 Å². The zero-order valence-corrected chi connectivity index (χ0v) is 14.0. The molecule has 1 atom stereocenters. The predicted octanol–water partition coefficient (Wildman–Crippen LogP) is 3.58. The molecule has 1 aliphatic rings. The molecular weight excluding hydrogens is 322 g/mol. The van der Waals surface area contributed by atoms with Crippen molar-refractivity contribution in [3.8, 4) is 0 Å². The Bertz CT molecular complexity index is 544. The zero-order chi connectivity index (χ0) is 16.1. The molecule has 0 spiro atoms. The minimum Gasteiger partial charge on any atom is -0.481 e. The first-order chi connectivity index (χ1) is 10.5. The number of nitrogens with one attached hydrogen (secondary N) is 1. The van der Waals surface area contributed by atoms with Gasteiger partial charge in [0, 0.05) is 10.9 Å². The van der Waals surface area contributed by atoms with Crippen LogP contribution in [0.4, 0.5) is 0 Å². The van der Waals surface area contributed by atoms with Crippen LogP contribution in [0.1, 0.15) is 32.6 Å². The van der Waals surface area contributed by atoms with Crippen molar-refractivity contribution < 1.29 is 14.7 Å². The van der Waals surface area contributed by atoms with Crippen molar-refractivity contribution in [1.29, 1.82) is 0 Å². The topological polar surface area (TPSA) is 66.4 Å². The number of carbonyl (C=O) groups is 2. The Balaban J connectivity index is 1.82. The summed E-state index contributed by atoms with van der Waals surface area (Å²) in [6.07, 6.45) is 2.72. The highest BCUT2D eigenvalue weighted by Crippen LogP contribution is 2.30. The lowest BCUT2D eigenvalue weighted by Crippen LogP contribution is -2.42. The second-order valence-corrected chi connectivity index (χ2v) is 7.38. The molecule has 1 saturated carbocycles. The van der Waals surface area contributed by atoms with Crippen LogP contribution in [0.15, 0.2) is 29.2 Å². The molecule has 4 nitrogen and oxygen atoms in total. The molecule has 1 amide bonds. The molecule has 1 unspecified atom stereocenters. The van der Waals surface area contributed by atoms with E-state index in [0.29, 0.717) is 17.9 Å². The molecule has 2 rings (SSSR count). The second-order valence-electron chi connectivity index (χ2n) is 5.59. The number of thioether (sulfide) groups is 1. The molecular formula is C16H20ClNO3S. The fraction of sp³-hybridized carbons (Fsp3) is 0.500. The molecule has 1 aromatic rings. The summed E-state index contributed by atoms with van der Waals surface area (Å²) in [5, 5.41) is 12.4. The summed E-state index contributed by atoms with van der Waals surface area (Å²) in [5.41, 5.74) is 0. The summed E-state index contributed by atoms with van der Waals surface area (Å²) in [4.78, 5) is 24.1. The van der Waals surface area contributed by atoms with Crippen LogP contribution in [-0.4, -0.2) is 28.3 Å². The molecule has 120 valence electrons. The Morgan fingerprint density at radius 3 is 2.50 bits per heavy atom. The third-order valence-corrected chi connectivity index (χ3v) is 5.55. The maximum absolute atomic E-state index is 12.3. The summed E-state index contributed by atoms with van der Waals surface area (Å²) in [5.74, 6) is -1.01. The maximum atomic E-state index is 12.3. The van der Waals surface area contributed by atoms with Gasteiger partial charge in [-0.15, -0.1) is 11.8 Å². The highest BCUT2D eigenvalue weighted by molar-refractivity contribution is 8.00. The lowest BCUT2D eigenvalue weighted by atomic mass is 9.86. The molecule has 0 aliphatic heterocycles. The van der Waals surface area contributed by atoms with Gasteiger partial charge in [-0.3, -0.25) is 9.59 Å². The Labute approximate surface area is 139 Å². The molecule has 0 bridgehead atoms. The van der Waals surface area contributed by atoms with Gasteiger partial charge in [0.2, 0.25) is 5.91 Å². The van der Waals surface area contributed by atoms with Crippen molar-refractivity contribution in [2.75, 3.05) is 0 Å². The standard InChI is InChI=1S/C16H20ClNO3S/c1-10(22-14-5-3-2-4-13(14)17)15(19)18-12-8-6-11(7-9-12)16(20)21/h2-5,10-12H,6-9H2,1H3,(H,18,19)(H,20,21). The number of carboxylic acid groups (broad SMARTS) is 1. The van der Waals surface area contributed by atoms with Gasteiger partial charge in [-0.05, 0) is 44.7 Å². The van der Waals surface area contributed by atoms with E-state index in [0.717, 1.165) is 17.7 Å². The number of rotatable bonds is 5. The van der Waals surface area contributed by atoms with E-state index in [4.69, 9.17) is 16.7 Å². The first-order valence-electron chi connectivity index (χ1n) is 7.41. The van der Waals surface area contributed by atoms with Crippen LogP contribution in [0.5, 0.6) is 0 Å². The number of carbonyl (C=O) groups excluding carboxylic acids is 1. The normalized spacial score (nSPS) is 22.8. The Kier molecular flexibility index (Phi) is 6.15. The molecule has 0 radical (unpaired) electrons. The molecule has 6 heteroatoms. The van der Waals surface area contributed by atoms with Gasteiger partial charge in [-0.25, -0.2) is 0 Å². The number of aliphatic carboxylic acids is 1. The molecule has 0 heterocycles. The van der Waals surface area contributed by atoms with Crippen LogP contribution in [0.25, 0.3) is 0 Å². The molecule has 22 heavy (non-hydrogen) atoms. The van der Waals surface area contributed by atoms with Crippen LogP contribution in [0.3, 0.4) is 0 Å². The highest BCUT2D eigenvalue weighted by Gasteiger charge is 2.27. The van der Waals surface area contributed by atoms with Crippen LogP contribution < -0.4 is 5.32 Å². The summed E-state index contributed by atoms with van der Waals surface area (Å²) >= 11 is 7.54. The Morgan fingerprint density at radius 2 is 1.91 bits per heavy atom. The van der Waals surface area contributed by atoms with Crippen molar-refractivity contribution in [1.82, 2.24) is 5.32 Å². The van der Waals surface area contributed by atoms with Crippen LogP contribution in [-0.2, 0) is 9.59 Å². The highest BCUT2D eigenvalue weighted by atomic mass is 35.5. The number of amides is 1.